The number of aromatic amines is 1. The number of aromatic nitrogens is 2. The van der Waals surface area contributed by atoms with Gasteiger partial charge in [-0.3, -0.25) is 9.89 Å². The number of H-pyrrole nitrogens is 1. The summed E-state index contributed by atoms with van der Waals surface area (Å²) in [6, 6.07) is 5.40. The number of benzene rings is 1. The van der Waals surface area contributed by atoms with Crippen LogP contribution in [0.1, 0.15) is 16.9 Å². The Kier molecular flexibility index (Phi) is 4.24. The van der Waals surface area contributed by atoms with Gasteiger partial charge in [-0.2, -0.15) is 5.10 Å². The highest BCUT2D eigenvalue weighted by Gasteiger charge is 2.18. The molecule has 108 valence electrons. The zero-order valence-electron chi connectivity index (χ0n) is 12.2. The molecule has 1 amide bonds. The average molecular weight is 275 g/mol. The van der Waals surface area contributed by atoms with Crippen molar-refractivity contribution >= 4 is 22.5 Å². The van der Waals surface area contributed by atoms with Crippen LogP contribution in [0.3, 0.4) is 0 Å². The summed E-state index contributed by atoms with van der Waals surface area (Å²) >= 11 is 0. The Hall–Kier alpha value is -2.08. The van der Waals surface area contributed by atoms with Crippen molar-refractivity contribution in [2.75, 3.05) is 40.0 Å². The Morgan fingerprint density at radius 1 is 1.30 bits per heavy atom. The molecule has 1 heterocycles. The number of nitrogen functional groups attached to an aromatic ring is 1. The maximum absolute atomic E-state index is 12.4. The van der Waals surface area contributed by atoms with E-state index in [1.165, 1.54) is 0 Å². The second-order valence-electron chi connectivity index (χ2n) is 5.26. The number of nitrogens with one attached hydrogen (secondary N) is 1. The lowest BCUT2D eigenvalue weighted by atomic mass is 10.1. The molecule has 0 radical (unpaired) electrons. The van der Waals surface area contributed by atoms with Crippen LogP contribution in [-0.2, 0) is 0 Å². The van der Waals surface area contributed by atoms with Gasteiger partial charge < -0.3 is 15.5 Å². The molecule has 0 bridgehead atoms. The Morgan fingerprint density at radius 3 is 2.75 bits per heavy atom. The van der Waals surface area contributed by atoms with E-state index in [4.69, 9.17) is 5.73 Å². The third-order valence-corrected chi connectivity index (χ3v) is 3.24. The van der Waals surface area contributed by atoms with Crippen LogP contribution in [-0.4, -0.2) is 60.1 Å². The molecule has 1 aromatic heterocycles. The molecule has 0 fully saturated rings. The standard InChI is InChI=1S/C14H21N5O/c1-18(2)7-4-8-19(3)14(20)13-11-9-10(15)5-6-12(11)16-17-13/h5-6,9H,4,7-8,15H2,1-3H3,(H,16,17). The average Bonchev–Trinajstić information content (AvgIpc) is 2.80. The van der Waals surface area contributed by atoms with Crippen molar-refractivity contribution in [3.8, 4) is 0 Å². The largest absolute Gasteiger partial charge is 0.399 e. The molecule has 2 rings (SSSR count). The Bertz CT molecular complexity index is 605. The molecule has 6 nitrogen and oxygen atoms in total. The van der Waals surface area contributed by atoms with Gasteiger partial charge in [0.15, 0.2) is 5.69 Å². The van der Waals surface area contributed by atoms with E-state index in [0.29, 0.717) is 17.9 Å². The molecule has 1 aromatic carbocycles. The summed E-state index contributed by atoms with van der Waals surface area (Å²) < 4.78 is 0. The van der Waals surface area contributed by atoms with Crippen molar-refractivity contribution in [2.45, 2.75) is 6.42 Å². The van der Waals surface area contributed by atoms with Crippen molar-refractivity contribution in [3.63, 3.8) is 0 Å². The number of carbonyl (C=O) groups is 1. The van der Waals surface area contributed by atoms with Gasteiger partial charge in [0.2, 0.25) is 0 Å². The first-order valence-electron chi connectivity index (χ1n) is 6.63. The van der Waals surface area contributed by atoms with Gasteiger partial charge in [-0.15, -0.1) is 0 Å². The first kappa shape index (κ1) is 14.3. The SMILES string of the molecule is CN(C)CCCN(C)C(=O)c1n[nH]c2ccc(N)cc12. The highest BCUT2D eigenvalue weighted by atomic mass is 16.2. The first-order valence-corrected chi connectivity index (χ1v) is 6.63. The third kappa shape index (κ3) is 3.08. The molecule has 3 N–H and O–H groups in total. The molecule has 0 saturated heterocycles. The van der Waals surface area contributed by atoms with Gasteiger partial charge >= 0.3 is 0 Å². The van der Waals surface area contributed by atoms with E-state index in [1.807, 2.05) is 20.2 Å². The van der Waals surface area contributed by atoms with Crippen LogP contribution in [0.5, 0.6) is 0 Å². The maximum atomic E-state index is 12.4. The van der Waals surface area contributed by atoms with Crippen molar-refractivity contribution in [1.82, 2.24) is 20.0 Å². The number of rotatable bonds is 5. The van der Waals surface area contributed by atoms with Crippen LogP contribution in [0.2, 0.25) is 0 Å². The van der Waals surface area contributed by atoms with Crippen molar-refractivity contribution in [2.24, 2.45) is 0 Å². The van der Waals surface area contributed by atoms with E-state index in [1.54, 1.807) is 24.1 Å². The Morgan fingerprint density at radius 2 is 2.05 bits per heavy atom. The van der Waals surface area contributed by atoms with E-state index < -0.39 is 0 Å². The van der Waals surface area contributed by atoms with Crippen LogP contribution in [0.15, 0.2) is 18.2 Å². The Balaban J connectivity index is 2.12. The van der Waals surface area contributed by atoms with Crippen molar-refractivity contribution < 1.29 is 4.79 Å². The van der Waals surface area contributed by atoms with Crippen molar-refractivity contribution in [3.05, 3.63) is 23.9 Å². The van der Waals surface area contributed by atoms with Gasteiger partial charge in [0, 0.05) is 24.7 Å². The van der Waals surface area contributed by atoms with Crippen molar-refractivity contribution in [1.29, 1.82) is 0 Å². The lowest BCUT2D eigenvalue weighted by Gasteiger charge is -2.17. The van der Waals surface area contributed by atoms with Crippen LogP contribution in [0.4, 0.5) is 5.69 Å². The van der Waals surface area contributed by atoms with Crippen LogP contribution in [0.25, 0.3) is 10.9 Å². The third-order valence-electron chi connectivity index (χ3n) is 3.24. The van der Waals surface area contributed by atoms with Crippen LogP contribution < -0.4 is 5.73 Å². The molecule has 0 atom stereocenters. The minimum atomic E-state index is -0.0828. The number of fused-ring (bicyclic) bond motifs is 1. The van der Waals surface area contributed by atoms with E-state index in [2.05, 4.69) is 15.1 Å². The lowest BCUT2D eigenvalue weighted by molar-refractivity contribution is 0.0786. The summed E-state index contributed by atoms with van der Waals surface area (Å²) in [5.74, 6) is -0.0828. The highest BCUT2D eigenvalue weighted by Crippen LogP contribution is 2.19. The second kappa shape index (κ2) is 5.92. The number of amides is 1. The number of hydrogen-bond acceptors (Lipinski definition) is 4. The summed E-state index contributed by atoms with van der Waals surface area (Å²) in [4.78, 5) is 16.2. The zero-order chi connectivity index (χ0) is 14.7. The van der Waals surface area contributed by atoms with E-state index in [9.17, 15) is 4.79 Å². The number of nitrogens with zero attached hydrogens (tertiary/aromatic N) is 3. The van der Waals surface area contributed by atoms with Gasteiger partial charge in [0.25, 0.3) is 5.91 Å². The molecular formula is C14H21N5O. The summed E-state index contributed by atoms with van der Waals surface area (Å²) in [5.41, 5.74) is 7.65. The summed E-state index contributed by atoms with van der Waals surface area (Å²) in [6.45, 7) is 1.65. The fourth-order valence-corrected chi connectivity index (χ4v) is 2.10. The van der Waals surface area contributed by atoms with Crippen LogP contribution >= 0.6 is 0 Å². The minimum absolute atomic E-state index is 0.0828. The first-order chi connectivity index (χ1) is 9.49. The fourth-order valence-electron chi connectivity index (χ4n) is 2.10. The molecule has 0 unspecified atom stereocenters. The maximum Gasteiger partial charge on any atom is 0.274 e. The normalized spacial score (nSPS) is 11.2. The van der Waals surface area contributed by atoms with Gasteiger partial charge in [-0.25, -0.2) is 0 Å². The number of nitrogens with two attached hydrogens (primary N) is 1. The number of anilines is 1. The van der Waals surface area contributed by atoms with E-state index >= 15 is 0 Å². The van der Waals surface area contributed by atoms with E-state index in [0.717, 1.165) is 23.9 Å². The fraction of sp³-hybridized carbons (Fsp3) is 0.429. The summed E-state index contributed by atoms with van der Waals surface area (Å²) in [7, 11) is 5.84. The molecule has 2 aromatic rings. The van der Waals surface area contributed by atoms with Crippen LogP contribution in [0, 0.1) is 0 Å². The topological polar surface area (TPSA) is 78.2 Å². The molecule has 0 saturated carbocycles. The number of carbonyl (C=O) groups excluding carboxylic acids is 1. The zero-order valence-corrected chi connectivity index (χ0v) is 12.2. The summed E-state index contributed by atoms with van der Waals surface area (Å²) in [6.07, 6.45) is 0.930. The molecule has 0 spiro atoms. The second-order valence-corrected chi connectivity index (χ2v) is 5.26. The molecule has 20 heavy (non-hydrogen) atoms. The predicted molar refractivity (Wildman–Crippen MR) is 80.6 cm³/mol. The quantitative estimate of drug-likeness (QED) is 0.803. The smallest absolute Gasteiger partial charge is 0.274 e. The van der Waals surface area contributed by atoms with Gasteiger partial charge in [0.1, 0.15) is 0 Å². The van der Waals surface area contributed by atoms with Gasteiger partial charge in [-0.05, 0) is 45.3 Å². The van der Waals surface area contributed by atoms with Gasteiger partial charge in [-0.1, -0.05) is 0 Å². The predicted octanol–water partition coefficient (Wildman–Crippen LogP) is 1.17. The number of hydrogen-bond donors (Lipinski definition) is 2. The summed E-state index contributed by atoms with van der Waals surface area (Å²) in [5, 5.41) is 7.76. The molecule has 0 aliphatic heterocycles. The van der Waals surface area contributed by atoms with E-state index in [-0.39, 0.29) is 5.91 Å². The molecule has 6 heteroatoms. The lowest BCUT2D eigenvalue weighted by Crippen LogP contribution is -2.30. The molecular weight excluding hydrogens is 254 g/mol. The molecule has 0 aliphatic carbocycles. The van der Waals surface area contributed by atoms with Gasteiger partial charge in [0.05, 0.1) is 5.52 Å². The molecule has 0 aliphatic rings. The Labute approximate surface area is 118 Å². The highest BCUT2D eigenvalue weighted by molar-refractivity contribution is 6.05. The minimum Gasteiger partial charge on any atom is -0.399 e. The monoisotopic (exact) mass is 275 g/mol.